The maximum atomic E-state index is 9.07. The molecule has 2 rings (SSSR count). The van der Waals surface area contributed by atoms with Gasteiger partial charge in [-0.15, -0.1) is 0 Å². The molecule has 1 atom stereocenters. The number of aryl methyl sites for hydroxylation is 1. The predicted octanol–water partition coefficient (Wildman–Crippen LogP) is 0.889. The van der Waals surface area contributed by atoms with Gasteiger partial charge in [-0.05, 0) is 19.3 Å². The molecule has 0 radical (unpaired) electrons. The number of aromatic nitrogens is 2. The van der Waals surface area contributed by atoms with Crippen molar-refractivity contribution < 1.29 is 5.11 Å². The van der Waals surface area contributed by atoms with E-state index in [0.29, 0.717) is 0 Å². The van der Waals surface area contributed by atoms with E-state index in [1.165, 1.54) is 0 Å². The molecule has 1 aromatic rings. The first-order chi connectivity index (χ1) is 5.92. The van der Waals surface area contributed by atoms with E-state index in [0.717, 1.165) is 30.7 Å². The lowest BCUT2D eigenvalue weighted by Gasteiger charge is -2.20. The van der Waals surface area contributed by atoms with Gasteiger partial charge in [0.1, 0.15) is 0 Å². The Labute approximate surface area is 71.5 Å². The molecule has 0 aromatic carbocycles. The highest BCUT2D eigenvalue weighted by Gasteiger charge is 2.20. The Morgan fingerprint density at radius 3 is 3.08 bits per heavy atom. The Morgan fingerprint density at radius 1 is 1.42 bits per heavy atom. The molecule has 1 heterocycles. The molecule has 0 spiro atoms. The highest BCUT2D eigenvalue weighted by atomic mass is 16.3. The Balaban J connectivity index is 2.37. The summed E-state index contributed by atoms with van der Waals surface area (Å²) in [5.74, 6) is 0.224. The first kappa shape index (κ1) is 7.68. The number of nitrogens with zero attached hydrogens (tertiary/aromatic N) is 2. The monoisotopic (exact) mass is 164 g/mol. The van der Waals surface area contributed by atoms with Crippen LogP contribution < -0.4 is 0 Å². The SMILES string of the molecule is OCC1CCCc2nccnc21. The largest absolute Gasteiger partial charge is 0.396 e. The van der Waals surface area contributed by atoms with Crippen LogP contribution in [0.5, 0.6) is 0 Å². The highest BCUT2D eigenvalue weighted by molar-refractivity contribution is 5.18. The summed E-state index contributed by atoms with van der Waals surface area (Å²) in [7, 11) is 0. The van der Waals surface area contributed by atoms with E-state index >= 15 is 0 Å². The van der Waals surface area contributed by atoms with E-state index in [9.17, 15) is 0 Å². The van der Waals surface area contributed by atoms with Gasteiger partial charge in [0.15, 0.2) is 0 Å². The molecule has 0 aliphatic heterocycles. The van der Waals surface area contributed by atoms with E-state index < -0.39 is 0 Å². The van der Waals surface area contributed by atoms with Gasteiger partial charge in [0.25, 0.3) is 0 Å². The molecule has 64 valence electrons. The van der Waals surface area contributed by atoms with Gasteiger partial charge in [-0.25, -0.2) is 0 Å². The second-order valence-electron chi connectivity index (χ2n) is 3.16. The van der Waals surface area contributed by atoms with Gasteiger partial charge in [0, 0.05) is 18.3 Å². The fourth-order valence-corrected chi connectivity index (χ4v) is 1.74. The summed E-state index contributed by atoms with van der Waals surface area (Å²) in [5, 5.41) is 9.07. The first-order valence-corrected chi connectivity index (χ1v) is 4.32. The molecule has 3 heteroatoms. The van der Waals surface area contributed by atoms with Crippen LogP contribution in [0.2, 0.25) is 0 Å². The minimum absolute atomic E-state index is 0.200. The van der Waals surface area contributed by atoms with Gasteiger partial charge < -0.3 is 5.11 Å². The van der Waals surface area contributed by atoms with Crippen LogP contribution in [-0.2, 0) is 6.42 Å². The summed E-state index contributed by atoms with van der Waals surface area (Å²) in [6.45, 7) is 0.200. The number of fused-ring (bicyclic) bond motifs is 1. The molecule has 0 bridgehead atoms. The fraction of sp³-hybridized carbons (Fsp3) is 0.556. The number of hydrogen-bond acceptors (Lipinski definition) is 3. The molecule has 1 aliphatic carbocycles. The molecule has 0 saturated heterocycles. The third-order valence-electron chi connectivity index (χ3n) is 2.38. The van der Waals surface area contributed by atoms with Crippen LogP contribution >= 0.6 is 0 Å². The predicted molar refractivity (Wildman–Crippen MR) is 44.8 cm³/mol. The van der Waals surface area contributed by atoms with Crippen LogP contribution in [0.4, 0.5) is 0 Å². The van der Waals surface area contributed by atoms with Crippen molar-refractivity contribution in [1.29, 1.82) is 0 Å². The van der Waals surface area contributed by atoms with Gasteiger partial charge in [-0.3, -0.25) is 9.97 Å². The minimum Gasteiger partial charge on any atom is -0.396 e. The second-order valence-corrected chi connectivity index (χ2v) is 3.16. The topological polar surface area (TPSA) is 46.0 Å². The first-order valence-electron chi connectivity index (χ1n) is 4.32. The maximum absolute atomic E-state index is 9.07. The molecule has 0 saturated carbocycles. The number of hydrogen-bond donors (Lipinski definition) is 1. The standard InChI is InChI=1S/C9H12N2O/c12-6-7-2-1-3-8-9(7)11-5-4-10-8/h4-5,7,12H,1-3,6H2. The van der Waals surface area contributed by atoms with Gasteiger partial charge in [0.05, 0.1) is 18.0 Å². The summed E-state index contributed by atoms with van der Waals surface area (Å²) in [5.41, 5.74) is 2.08. The Bertz CT molecular complexity index is 275. The zero-order chi connectivity index (χ0) is 8.39. The summed E-state index contributed by atoms with van der Waals surface area (Å²) >= 11 is 0. The number of aliphatic hydroxyl groups excluding tert-OH is 1. The van der Waals surface area contributed by atoms with Crippen LogP contribution in [-0.4, -0.2) is 21.7 Å². The fourth-order valence-electron chi connectivity index (χ4n) is 1.74. The van der Waals surface area contributed by atoms with Crippen LogP contribution in [0.3, 0.4) is 0 Å². The van der Waals surface area contributed by atoms with Crippen molar-refractivity contribution >= 4 is 0 Å². The Kier molecular flexibility index (Phi) is 2.04. The van der Waals surface area contributed by atoms with Crippen molar-refractivity contribution in [3.63, 3.8) is 0 Å². The smallest absolute Gasteiger partial charge is 0.0672 e. The third kappa shape index (κ3) is 1.20. The van der Waals surface area contributed by atoms with Crippen molar-refractivity contribution in [2.45, 2.75) is 25.2 Å². The van der Waals surface area contributed by atoms with E-state index in [4.69, 9.17) is 5.11 Å². The maximum Gasteiger partial charge on any atom is 0.0672 e. The van der Waals surface area contributed by atoms with Gasteiger partial charge in [-0.2, -0.15) is 0 Å². The lowest BCUT2D eigenvalue weighted by molar-refractivity contribution is 0.249. The molecule has 1 aromatic heterocycles. The average Bonchev–Trinajstić information content (AvgIpc) is 2.17. The van der Waals surface area contributed by atoms with Crippen molar-refractivity contribution in [1.82, 2.24) is 9.97 Å². The summed E-state index contributed by atoms with van der Waals surface area (Å²) < 4.78 is 0. The summed E-state index contributed by atoms with van der Waals surface area (Å²) in [4.78, 5) is 8.49. The van der Waals surface area contributed by atoms with Crippen LogP contribution in [0.25, 0.3) is 0 Å². The molecule has 12 heavy (non-hydrogen) atoms. The van der Waals surface area contributed by atoms with Crippen LogP contribution in [0.1, 0.15) is 30.1 Å². The molecule has 1 N–H and O–H groups in total. The van der Waals surface area contributed by atoms with E-state index in [1.807, 2.05) is 0 Å². The van der Waals surface area contributed by atoms with E-state index in [1.54, 1.807) is 12.4 Å². The van der Waals surface area contributed by atoms with Gasteiger partial charge >= 0.3 is 0 Å². The summed E-state index contributed by atoms with van der Waals surface area (Å²) in [6.07, 6.45) is 6.60. The van der Waals surface area contributed by atoms with E-state index in [2.05, 4.69) is 9.97 Å². The quantitative estimate of drug-likeness (QED) is 0.670. The van der Waals surface area contributed by atoms with Gasteiger partial charge in [-0.1, -0.05) is 0 Å². The molecule has 3 nitrogen and oxygen atoms in total. The zero-order valence-corrected chi connectivity index (χ0v) is 6.90. The average molecular weight is 164 g/mol. The van der Waals surface area contributed by atoms with Crippen molar-refractivity contribution in [3.8, 4) is 0 Å². The number of rotatable bonds is 1. The molecule has 0 fully saturated rings. The lowest BCUT2D eigenvalue weighted by atomic mass is 9.90. The van der Waals surface area contributed by atoms with E-state index in [-0.39, 0.29) is 12.5 Å². The summed E-state index contributed by atoms with van der Waals surface area (Å²) in [6, 6.07) is 0. The number of aliphatic hydroxyl groups is 1. The second kappa shape index (κ2) is 3.19. The Hall–Kier alpha value is -0.960. The van der Waals surface area contributed by atoms with Crippen molar-refractivity contribution in [2.24, 2.45) is 0 Å². The molecule has 1 unspecified atom stereocenters. The van der Waals surface area contributed by atoms with Crippen molar-refractivity contribution in [3.05, 3.63) is 23.8 Å². The zero-order valence-electron chi connectivity index (χ0n) is 6.90. The molecule has 0 amide bonds. The third-order valence-corrected chi connectivity index (χ3v) is 2.38. The molecular formula is C9H12N2O. The minimum atomic E-state index is 0.200. The highest BCUT2D eigenvalue weighted by Crippen LogP contribution is 2.27. The normalized spacial score (nSPS) is 21.9. The van der Waals surface area contributed by atoms with Gasteiger partial charge in [0.2, 0.25) is 0 Å². The molecular weight excluding hydrogens is 152 g/mol. The lowest BCUT2D eigenvalue weighted by Crippen LogP contribution is -2.15. The Morgan fingerprint density at radius 2 is 2.25 bits per heavy atom. The molecule has 1 aliphatic rings. The van der Waals surface area contributed by atoms with Crippen LogP contribution in [0.15, 0.2) is 12.4 Å². The van der Waals surface area contributed by atoms with Crippen LogP contribution in [0, 0.1) is 0 Å². The van der Waals surface area contributed by atoms with Crippen molar-refractivity contribution in [2.75, 3.05) is 6.61 Å².